The Kier molecular flexibility index (Phi) is 8.31. The standard InChI is InChI=1S/C23H27BF2N6O5/c1-24(36)27-10-5-8-15-20(23(34)35)30-21(28-15)19-16(12-32(31-19)17-9-2-3-11-37-17)29-22(33)18-13(25)6-4-7-14(18)26/h4,6-7,12,17,27,36H,2-3,5,8-11H2,1H3,(H,28,30)(H,29,33)(H,34,35). The Labute approximate surface area is 211 Å². The molecule has 1 unspecified atom stereocenters. The van der Waals surface area contributed by atoms with Gasteiger partial charge < -0.3 is 30.4 Å². The molecular weight excluding hydrogens is 489 g/mol. The molecule has 14 heteroatoms. The van der Waals surface area contributed by atoms with Crippen molar-refractivity contribution in [3.05, 3.63) is 53.0 Å². The van der Waals surface area contributed by atoms with E-state index in [1.165, 1.54) is 10.9 Å². The van der Waals surface area contributed by atoms with Crippen LogP contribution in [0.1, 0.15) is 58.5 Å². The molecule has 37 heavy (non-hydrogen) atoms. The first-order valence-corrected chi connectivity index (χ1v) is 11.9. The SMILES string of the molecule is CB(O)NCCCc1[nH]c(-c2nn(C3CCCCO3)cc2NC(=O)c2c(F)cccc2F)nc1C(=O)O. The minimum Gasteiger partial charge on any atom is -0.476 e. The van der Waals surface area contributed by atoms with Gasteiger partial charge in [-0.3, -0.25) is 4.79 Å². The van der Waals surface area contributed by atoms with Crippen LogP contribution in [0.3, 0.4) is 0 Å². The zero-order valence-corrected chi connectivity index (χ0v) is 20.1. The maximum absolute atomic E-state index is 14.2. The number of amides is 1. The van der Waals surface area contributed by atoms with Crippen molar-refractivity contribution in [3.8, 4) is 11.5 Å². The van der Waals surface area contributed by atoms with Gasteiger partial charge in [-0.25, -0.2) is 23.2 Å². The second-order valence-corrected chi connectivity index (χ2v) is 8.69. The highest BCUT2D eigenvalue weighted by Crippen LogP contribution is 2.31. The number of hydrogen-bond acceptors (Lipinski definition) is 7. The normalized spacial score (nSPS) is 15.5. The van der Waals surface area contributed by atoms with Crippen LogP contribution in [-0.4, -0.2) is 62.0 Å². The van der Waals surface area contributed by atoms with Crippen molar-refractivity contribution in [3.63, 3.8) is 0 Å². The number of benzene rings is 1. The number of aromatic carboxylic acids is 1. The molecule has 1 aliphatic rings. The Balaban J connectivity index is 1.68. The van der Waals surface area contributed by atoms with Gasteiger partial charge in [0, 0.05) is 6.61 Å². The Bertz CT molecular complexity index is 1250. The Morgan fingerprint density at radius 1 is 1.30 bits per heavy atom. The summed E-state index contributed by atoms with van der Waals surface area (Å²) in [5.41, 5.74) is -0.472. The van der Waals surface area contributed by atoms with Gasteiger partial charge in [0.1, 0.15) is 23.4 Å². The molecule has 0 aliphatic carbocycles. The molecule has 5 N–H and O–H groups in total. The second-order valence-electron chi connectivity index (χ2n) is 8.69. The van der Waals surface area contributed by atoms with Crippen LogP contribution in [0.5, 0.6) is 0 Å². The van der Waals surface area contributed by atoms with Crippen molar-refractivity contribution in [2.24, 2.45) is 0 Å². The summed E-state index contributed by atoms with van der Waals surface area (Å²) < 4.78 is 35.7. The number of carboxylic acid groups (broad SMARTS) is 1. The van der Waals surface area contributed by atoms with Gasteiger partial charge in [-0.2, -0.15) is 5.10 Å². The summed E-state index contributed by atoms with van der Waals surface area (Å²) in [6.45, 7) is 2.54. The number of aromatic amines is 1. The molecule has 11 nitrogen and oxygen atoms in total. The number of aromatic nitrogens is 4. The number of carbonyl (C=O) groups is 2. The number of aryl methyl sites for hydroxylation is 1. The first kappa shape index (κ1) is 26.4. The first-order chi connectivity index (χ1) is 17.7. The summed E-state index contributed by atoms with van der Waals surface area (Å²) in [7, 11) is -0.701. The van der Waals surface area contributed by atoms with Crippen molar-refractivity contribution in [2.45, 2.75) is 45.2 Å². The fourth-order valence-corrected chi connectivity index (χ4v) is 4.09. The number of H-pyrrole nitrogens is 1. The van der Waals surface area contributed by atoms with E-state index in [2.05, 4.69) is 25.6 Å². The van der Waals surface area contributed by atoms with Gasteiger partial charge in [0.05, 0.1) is 17.6 Å². The predicted octanol–water partition coefficient (Wildman–Crippen LogP) is 2.83. The minimum absolute atomic E-state index is 0.0646. The van der Waals surface area contributed by atoms with Gasteiger partial charge in [0.2, 0.25) is 0 Å². The van der Waals surface area contributed by atoms with Crippen LogP contribution in [0.2, 0.25) is 6.82 Å². The van der Waals surface area contributed by atoms with Crippen LogP contribution in [-0.2, 0) is 11.2 Å². The Morgan fingerprint density at radius 2 is 2.05 bits per heavy atom. The lowest BCUT2D eigenvalue weighted by molar-refractivity contribution is -0.0393. The lowest BCUT2D eigenvalue weighted by Gasteiger charge is -2.22. The number of carbonyl (C=O) groups excluding carboxylic acids is 1. The molecule has 0 saturated carbocycles. The van der Waals surface area contributed by atoms with Crippen LogP contribution in [0.25, 0.3) is 11.5 Å². The number of hydrogen-bond donors (Lipinski definition) is 5. The highest BCUT2D eigenvalue weighted by Gasteiger charge is 2.26. The van der Waals surface area contributed by atoms with Crippen LogP contribution >= 0.6 is 0 Å². The van der Waals surface area contributed by atoms with Crippen LogP contribution in [0.15, 0.2) is 24.4 Å². The van der Waals surface area contributed by atoms with E-state index >= 15 is 0 Å². The summed E-state index contributed by atoms with van der Waals surface area (Å²) in [6, 6.07) is 3.10. The third-order valence-corrected chi connectivity index (χ3v) is 5.87. The average Bonchev–Trinajstić information content (AvgIpc) is 3.46. The van der Waals surface area contributed by atoms with Gasteiger partial charge in [0.25, 0.3) is 5.91 Å². The summed E-state index contributed by atoms with van der Waals surface area (Å²) in [5, 5.41) is 28.8. The molecule has 1 amide bonds. The van der Waals surface area contributed by atoms with Gasteiger partial charge >= 0.3 is 13.0 Å². The topological polar surface area (TPSA) is 154 Å². The number of carboxylic acids is 1. The van der Waals surface area contributed by atoms with E-state index in [0.717, 1.165) is 31.0 Å². The van der Waals surface area contributed by atoms with Gasteiger partial charge in [0.15, 0.2) is 17.2 Å². The molecule has 1 aromatic carbocycles. The van der Waals surface area contributed by atoms with E-state index in [9.17, 15) is 28.5 Å². The molecule has 1 saturated heterocycles. The zero-order valence-electron chi connectivity index (χ0n) is 20.1. The highest BCUT2D eigenvalue weighted by atomic mass is 19.1. The lowest BCUT2D eigenvalue weighted by atomic mass is 9.89. The maximum atomic E-state index is 14.2. The van der Waals surface area contributed by atoms with E-state index in [4.69, 9.17) is 4.74 Å². The number of ether oxygens (including phenoxy) is 1. The Hall–Kier alpha value is -3.62. The first-order valence-electron chi connectivity index (χ1n) is 11.9. The summed E-state index contributed by atoms with van der Waals surface area (Å²) in [5.74, 6) is -4.28. The summed E-state index contributed by atoms with van der Waals surface area (Å²) in [6.07, 6.45) is 4.32. The fourth-order valence-electron chi connectivity index (χ4n) is 4.09. The van der Waals surface area contributed by atoms with Crippen LogP contribution in [0.4, 0.5) is 14.5 Å². The molecule has 3 aromatic rings. The molecule has 0 spiro atoms. The lowest BCUT2D eigenvalue weighted by Crippen LogP contribution is -2.31. The zero-order chi connectivity index (χ0) is 26.5. The number of anilines is 1. The maximum Gasteiger partial charge on any atom is 0.373 e. The van der Waals surface area contributed by atoms with Gasteiger partial charge in [-0.1, -0.05) is 6.07 Å². The van der Waals surface area contributed by atoms with E-state index in [1.807, 2.05) is 0 Å². The minimum atomic E-state index is -1.25. The van der Waals surface area contributed by atoms with Gasteiger partial charge in [-0.05, 0) is 57.6 Å². The number of rotatable bonds is 10. The van der Waals surface area contributed by atoms with Crippen LogP contribution < -0.4 is 10.5 Å². The molecule has 0 radical (unpaired) electrons. The molecule has 3 heterocycles. The smallest absolute Gasteiger partial charge is 0.373 e. The predicted molar refractivity (Wildman–Crippen MR) is 130 cm³/mol. The Morgan fingerprint density at radius 3 is 2.70 bits per heavy atom. The average molecular weight is 516 g/mol. The molecule has 1 atom stereocenters. The molecular formula is C23H27BF2N6O5. The number of nitrogens with one attached hydrogen (secondary N) is 3. The van der Waals surface area contributed by atoms with E-state index < -0.39 is 42.4 Å². The van der Waals surface area contributed by atoms with Crippen molar-refractivity contribution in [1.82, 2.24) is 25.0 Å². The molecule has 1 aliphatic heterocycles. The summed E-state index contributed by atoms with van der Waals surface area (Å²) >= 11 is 0. The van der Waals surface area contributed by atoms with E-state index in [1.54, 1.807) is 6.82 Å². The molecule has 1 fully saturated rings. The van der Waals surface area contributed by atoms with Gasteiger partial charge in [-0.15, -0.1) is 0 Å². The largest absolute Gasteiger partial charge is 0.476 e. The van der Waals surface area contributed by atoms with Crippen molar-refractivity contribution >= 4 is 24.6 Å². The molecule has 196 valence electrons. The summed E-state index contributed by atoms with van der Waals surface area (Å²) in [4.78, 5) is 31.8. The fraction of sp³-hybridized carbons (Fsp3) is 0.391. The van der Waals surface area contributed by atoms with Crippen molar-refractivity contribution < 1.29 is 33.2 Å². The molecule has 4 rings (SSSR count). The van der Waals surface area contributed by atoms with E-state index in [0.29, 0.717) is 38.1 Å². The van der Waals surface area contributed by atoms with Crippen LogP contribution in [0, 0.1) is 11.6 Å². The highest BCUT2D eigenvalue weighted by molar-refractivity contribution is 6.45. The third kappa shape index (κ3) is 6.21. The monoisotopic (exact) mass is 516 g/mol. The molecule has 0 bridgehead atoms. The van der Waals surface area contributed by atoms with Crippen molar-refractivity contribution in [1.29, 1.82) is 0 Å². The number of imidazole rings is 1. The van der Waals surface area contributed by atoms with E-state index in [-0.39, 0.29) is 22.9 Å². The quantitative estimate of drug-likeness (QED) is 0.204. The second kappa shape index (κ2) is 11.6. The number of nitrogens with zero attached hydrogens (tertiary/aromatic N) is 3. The number of halogens is 2. The van der Waals surface area contributed by atoms with Crippen molar-refractivity contribution in [2.75, 3.05) is 18.5 Å². The molecule has 2 aromatic heterocycles. The third-order valence-electron chi connectivity index (χ3n) is 5.87.